The van der Waals surface area contributed by atoms with Gasteiger partial charge in [-0.15, -0.1) is 0 Å². The number of nitrogens with zero attached hydrogens (tertiary/aromatic N) is 1. The van der Waals surface area contributed by atoms with Crippen molar-refractivity contribution in [1.82, 2.24) is 4.31 Å². The Morgan fingerprint density at radius 3 is 2.17 bits per heavy atom. The first kappa shape index (κ1) is 15.1. The molecule has 0 aliphatic heterocycles. The monoisotopic (exact) mass is 271 g/mol. The highest BCUT2D eigenvalue weighted by molar-refractivity contribution is 7.89. The molecule has 0 unspecified atom stereocenters. The Morgan fingerprint density at radius 1 is 1.22 bits per heavy atom. The Hall–Kier alpha value is -0.910. The molecule has 0 spiro atoms. The van der Waals surface area contributed by atoms with E-state index in [0.29, 0.717) is 12.5 Å². The van der Waals surface area contributed by atoms with Gasteiger partial charge in [-0.1, -0.05) is 32.9 Å². The quantitative estimate of drug-likeness (QED) is 0.858. The minimum atomic E-state index is -3.48. The molecule has 4 nitrogen and oxygen atoms in total. The molecule has 0 aliphatic rings. The zero-order valence-corrected chi connectivity index (χ0v) is 11.9. The number of aliphatic hydroxyl groups is 1. The number of hydrogen-bond acceptors (Lipinski definition) is 3. The first-order chi connectivity index (χ1) is 8.43. The van der Waals surface area contributed by atoms with Gasteiger partial charge in [-0.05, 0) is 23.6 Å². The molecular weight excluding hydrogens is 250 g/mol. The van der Waals surface area contributed by atoms with E-state index in [2.05, 4.69) is 13.8 Å². The topological polar surface area (TPSA) is 57.6 Å². The summed E-state index contributed by atoms with van der Waals surface area (Å²) in [5.41, 5.74) is 1.11. The second-order valence-corrected chi connectivity index (χ2v) is 6.38. The average Bonchev–Trinajstić information content (AvgIpc) is 2.35. The summed E-state index contributed by atoms with van der Waals surface area (Å²) in [7, 11) is -3.48. The van der Waals surface area contributed by atoms with Crippen molar-refractivity contribution in [3.05, 3.63) is 29.8 Å². The molecule has 0 fully saturated rings. The third-order valence-electron chi connectivity index (χ3n) is 2.89. The van der Waals surface area contributed by atoms with Crippen molar-refractivity contribution in [2.24, 2.45) is 0 Å². The second kappa shape index (κ2) is 6.31. The highest BCUT2D eigenvalue weighted by atomic mass is 32.2. The third kappa shape index (κ3) is 3.31. The minimum absolute atomic E-state index is 0.130. The van der Waals surface area contributed by atoms with E-state index in [1.165, 1.54) is 4.31 Å². The van der Waals surface area contributed by atoms with Gasteiger partial charge in [-0.3, -0.25) is 0 Å². The summed E-state index contributed by atoms with van der Waals surface area (Å²) in [6.45, 7) is 6.20. The fourth-order valence-electron chi connectivity index (χ4n) is 1.73. The van der Waals surface area contributed by atoms with Crippen molar-refractivity contribution in [2.75, 3.05) is 19.7 Å². The molecule has 0 aromatic heterocycles. The summed E-state index contributed by atoms with van der Waals surface area (Å²) in [6.07, 6.45) is 0. The highest BCUT2D eigenvalue weighted by Crippen LogP contribution is 2.19. The first-order valence-corrected chi connectivity index (χ1v) is 7.58. The van der Waals surface area contributed by atoms with E-state index in [0.717, 1.165) is 5.56 Å². The number of sulfonamides is 1. The number of likely N-dealkylation sites (N-methyl/N-ethyl adjacent to an activating group) is 1. The average molecular weight is 271 g/mol. The van der Waals surface area contributed by atoms with Crippen molar-refractivity contribution in [2.45, 2.75) is 31.6 Å². The van der Waals surface area contributed by atoms with Gasteiger partial charge in [-0.25, -0.2) is 8.42 Å². The van der Waals surface area contributed by atoms with Crippen LogP contribution in [0, 0.1) is 0 Å². The van der Waals surface area contributed by atoms with Crippen LogP contribution >= 0.6 is 0 Å². The molecule has 18 heavy (non-hydrogen) atoms. The van der Waals surface area contributed by atoms with Crippen LogP contribution in [0.1, 0.15) is 32.3 Å². The van der Waals surface area contributed by atoms with E-state index in [-0.39, 0.29) is 18.0 Å². The van der Waals surface area contributed by atoms with Gasteiger partial charge in [0, 0.05) is 13.1 Å². The molecular formula is C13H21NO3S. The van der Waals surface area contributed by atoms with Crippen LogP contribution in [-0.2, 0) is 10.0 Å². The summed E-state index contributed by atoms with van der Waals surface area (Å²) >= 11 is 0. The smallest absolute Gasteiger partial charge is 0.243 e. The van der Waals surface area contributed by atoms with Crippen molar-refractivity contribution >= 4 is 10.0 Å². The molecule has 0 aliphatic carbocycles. The lowest BCUT2D eigenvalue weighted by Gasteiger charge is -2.19. The lowest BCUT2D eigenvalue weighted by atomic mass is 10.0. The van der Waals surface area contributed by atoms with Gasteiger partial charge < -0.3 is 5.11 Å². The summed E-state index contributed by atoms with van der Waals surface area (Å²) in [5.74, 6) is 0.376. The van der Waals surface area contributed by atoms with Gasteiger partial charge in [0.2, 0.25) is 10.0 Å². The number of benzene rings is 1. The molecule has 5 heteroatoms. The maximum Gasteiger partial charge on any atom is 0.243 e. The lowest BCUT2D eigenvalue weighted by molar-refractivity contribution is 0.257. The molecule has 102 valence electrons. The molecule has 1 N–H and O–H groups in total. The Labute approximate surface area is 109 Å². The summed E-state index contributed by atoms with van der Waals surface area (Å²) < 4.78 is 25.8. The van der Waals surface area contributed by atoms with E-state index in [4.69, 9.17) is 5.11 Å². The third-order valence-corrected chi connectivity index (χ3v) is 4.88. The predicted molar refractivity (Wildman–Crippen MR) is 72.0 cm³/mol. The molecule has 1 rings (SSSR count). The van der Waals surface area contributed by atoms with E-state index in [9.17, 15) is 8.42 Å². The zero-order valence-electron chi connectivity index (χ0n) is 11.1. The van der Waals surface area contributed by atoms with Crippen LogP contribution in [0.2, 0.25) is 0 Å². The molecule has 0 heterocycles. The fraction of sp³-hybridized carbons (Fsp3) is 0.538. The van der Waals surface area contributed by atoms with Crippen LogP contribution in [0.15, 0.2) is 29.2 Å². The molecule has 0 saturated heterocycles. The number of hydrogen-bond donors (Lipinski definition) is 1. The Bertz CT molecular complexity index is 466. The molecule has 0 saturated carbocycles. The van der Waals surface area contributed by atoms with Gasteiger partial charge in [0.15, 0.2) is 0 Å². The van der Waals surface area contributed by atoms with Crippen molar-refractivity contribution in [1.29, 1.82) is 0 Å². The van der Waals surface area contributed by atoms with E-state index in [1.54, 1.807) is 19.1 Å². The minimum Gasteiger partial charge on any atom is -0.395 e. The summed E-state index contributed by atoms with van der Waals surface area (Å²) in [5, 5.41) is 8.89. The van der Waals surface area contributed by atoms with Gasteiger partial charge in [0.1, 0.15) is 0 Å². The van der Waals surface area contributed by atoms with Crippen molar-refractivity contribution in [3.8, 4) is 0 Å². The van der Waals surface area contributed by atoms with Crippen LogP contribution in [0.4, 0.5) is 0 Å². The number of aliphatic hydroxyl groups excluding tert-OH is 1. The van der Waals surface area contributed by atoms with Gasteiger partial charge in [0.05, 0.1) is 11.5 Å². The molecule has 0 bridgehead atoms. The van der Waals surface area contributed by atoms with Crippen molar-refractivity contribution < 1.29 is 13.5 Å². The van der Waals surface area contributed by atoms with Crippen LogP contribution in [0.3, 0.4) is 0 Å². The SMILES string of the molecule is CCN(CCO)S(=O)(=O)c1ccc(C(C)C)cc1. The summed E-state index contributed by atoms with van der Waals surface area (Å²) in [4.78, 5) is 0.280. The molecule has 0 atom stereocenters. The standard InChI is InChI=1S/C13H21NO3S/c1-4-14(9-10-15)18(16,17)13-7-5-12(6-8-13)11(2)3/h5-8,11,15H,4,9-10H2,1-3H3. The Morgan fingerprint density at radius 2 is 1.78 bits per heavy atom. The largest absolute Gasteiger partial charge is 0.395 e. The second-order valence-electron chi connectivity index (χ2n) is 4.44. The van der Waals surface area contributed by atoms with Gasteiger partial charge >= 0.3 is 0 Å². The molecule has 1 aromatic rings. The van der Waals surface area contributed by atoms with E-state index < -0.39 is 10.0 Å². The van der Waals surface area contributed by atoms with Gasteiger partial charge in [0.25, 0.3) is 0 Å². The Balaban J connectivity index is 3.04. The molecule has 0 radical (unpaired) electrons. The predicted octanol–water partition coefficient (Wildman–Crippen LogP) is 1.81. The van der Waals surface area contributed by atoms with Crippen molar-refractivity contribution in [3.63, 3.8) is 0 Å². The number of rotatable bonds is 6. The Kier molecular flexibility index (Phi) is 5.31. The lowest BCUT2D eigenvalue weighted by Crippen LogP contribution is -2.33. The van der Waals surface area contributed by atoms with Crippen LogP contribution in [0.5, 0.6) is 0 Å². The maximum absolute atomic E-state index is 12.2. The summed E-state index contributed by atoms with van der Waals surface area (Å²) in [6, 6.07) is 6.93. The first-order valence-electron chi connectivity index (χ1n) is 6.14. The highest BCUT2D eigenvalue weighted by Gasteiger charge is 2.22. The van der Waals surface area contributed by atoms with Crippen LogP contribution in [0.25, 0.3) is 0 Å². The van der Waals surface area contributed by atoms with E-state index in [1.807, 2.05) is 12.1 Å². The zero-order chi connectivity index (χ0) is 13.8. The fourth-order valence-corrected chi connectivity index (χ4v) is 3.17. The van der Waals surface area contributed by atoms with Crippen LogP contribution in [-0.4, -0.2) is 37.5 Å². The van der Waals surface area contributed by atoms with Gasteiger partial charge in [-0.2, -0.15) is 4.31 Å². The normalized spacial score (nSPS) is 12.3. The maximum atomic E-state index is 12.2. The molecule has 1 aromatic carbocycles. The van der Waals surface area contributed by atoms with E-state index >= 15 is 0 Å². The van der Waals surface area contributed by atoms with Crippen LogP contribution < -0.4 is 0 Å². The molecule has 0 amide bonds.